The Morgan fingerprint density at radius 1 is 1.33 bits per heavy atom. The highest BCUT2D eigenvalue weighted by Crippen LogP contribution is 2.38. The predicted molar refractivity (Wildman–Crippen MR) is 86.8 cm³/mol. The van der Waals surface area contributed by atoms with Gasteiger partial charge in [-0.05, 0) is 43.3 Å². The van der Waals surface area contributed by atoms with E-state index in [-0.39, 0.29) is 17.7 Å². The summed E-state index contributed by atoms with van der Waals surface area (Å²) in [5, 5.41) is 6.27. The van der Waals surface area contributed by atoms with E-state index in [2.05, 4.69) is 17.6 Å². The maximum absolute atomic E-state index is 12.1. The van der Waals surface area contributed by atoms with Crippen molar-refractivity contribution in [3.63, 3.8) is 0 Å². The molecule has 0 bridgehead atoms. The smallest absolute Gasteiger partial charge is 0.315 e. The van der Waals surface area contributed by atoms with Crippen LogP contribution in [0.5, 0.6) is 0 Å². The van der Waals surface area contributed by atoms with Crippen molar-refractivity contribution in [1.82, 2.24) is 10.6 Å². The number of rotatable bonds is 3. The van der Waals surface area contributed by atoms with Crippen LogP contribution in [0.2, 0.25) is 0 Å². The molecule has 1 spiro atoms. The molecule has 0 aromatic rings. The first-order valence-corrected chi connectivity index (χ1v) is 9.51. The maximum Gasteiger partial charge on any atom is 0.315 e. The Bertz CT molecular complexity index is 376. The Kier molecular flexibility index (Phi) is 4.69. The summed E-state index contributed by atoms with van der Waals surface area (Å²) < 4.78 is 6.00. The van der Waals surface area contributed by atoms with Crippen molar-refractivity contribution in [2.75, 3.05) is 24.7 Å². The van der Waals surface area contributed by atoms with Gasteiger partial charge in [-0.2, -0.15) is 11.8 Å². The lowest BCUT2D eigenvalue weighted by Crippen LogP contribution is -2.51. The van der Waals surface area contributed by atoms with E-state index in [4.69, 9.17) is 4.74 Å². The van der Waals surface area contributed by atoms with Crippen molar-refractivity contribution >= 4 is 17.8 Å². The molecule has 2 saturated heterocycles. The topological polar surface area (TPSA) is 50.4 Å². The van der Waals surface area contributed by atoms with Gasteiger partial charge in [0.05, 0.1) is 5.60 Å². The quantitative estimate of drug-likeness (QED) is 0.842. The maximum atomic E-state index is 12.1. The third-order valence-corrected chi connectivity index (χ3v) is 6.60. The van der Waals surface area contributed by atoms with Gasteiger partial charge >= 0.3 is 6.03 Å². The number of nitrogens with one attached hydrogen (secondary N) is 2. The van der Waals surface area contributed by atoms with E-state index in [1.54, 1.807) is 0 Å². The van der Waals surface area contributed by atoms with Gasteiger partial charge in [-0.25, -0.2) is 4.79 Å². The summed E-state index contributed by atoms with van der Waals surface area (Å²) in [5.74, 6) is 2.28. The Labute approximate surface area is 132 Å². The van der Waals surface area contributed by atoms with Gasteiger partial charge in [-0.1, -0.05) is 19.8 Å². The van der Waals surface area contributed by atoms with Crippen molar-refractivity contribution in [3.8, 4) is 0 Å². The third kappa shape index (κ3) is 3.86. The molecule has 21 heavy (non-hydrogen) atoms. The summed E-state index contributed by atoms with van der Waals surface area (Å²) in [6.45, 7) is 3.88. The minimum Gasteiger partial charge on any atom is -0.374 e. The molecular weight excluding hydrogens is 284 g/mol. The summed E-state index contributed by atoms with van der Waals surface area (Å²) >= 11 is 1.97. The number of amides is 2. The van der Waals surface area contributed by atoms with E-state index in [0.717, 1.165) is 38.2 Å². The normalized spacial score (nSPS) is 35.0. The van der Waals surface area contributed by atoms with Crippen LogP contribution in [0.25, 0.3) is 0 Å². The van der Waals surface area contributed by atoms with Crippen molar-refractivity contribution in [1.29, 1.82) is 0 Å². The van der Waals surface area contributed by atoms with Gasteiger partial charge < -0.3 is 15.4 Å². The van der Waals surface area contributed by atoms with Crippen LogP contribution < -0.4 is 10.6 Å². The van der Waals surface area contributed by atoms with E-state index in [9.17, 15) is 4.79 Å². The van der Waals surface area contributed by atoms with E-state index < -0.39 is 0 Å². The van der Waals surface area contributed by atoms with Crippen molar-refractivity contribution in [2.24, 2.45) is 5.41 Å². The zero-order chi connectivity index (χ0) is 14.8. The van der Waals surface area contributed by atoms with Gasteiger partial charge in [0, 0.05) is 24.9 Å². The highest BCUT2D eigenvalue weighted by molar-refractivity contribution is 7.99. The van der Waals surface area contributed by atoms with Gasteiger partial charge in [0.1, 0.15) is 0 Å². The van der Waals surface area contributed by atoms with E-state index in [1.165, 1.54) is 31.4 Å². The summed E-state index contributed by atoms with van der Waals surface area (Å²) in [7, 11) is 0. The Balaban J connectivity index is 1.44. The van der Waals surface area contributed by atoms with Crippen LogP contribution in [-0.2, 0) is 4.74 Å². The van der Waals surface area contributed by atoms with Crippen molar-refractivity contribution in [2.45, 2.75) is 63.5 Å². The molecule has 2 heterocycles. The Morgan fingerprint density at radius 3 is 2.86 bits per heavy atom. The molecule has 2 aliphatic heterocycles. The Hall–Kier alpha value is -0.420. The molecule has 2 N–H and O–H groups in total. The lowest BCUT2D eigenvalue weighted by molar-refractivity contribution is -0.0684. The number of thioether (sulfide) groups is 1. The molecule has 0 aromatic carbocycles. The van der Waals surface area contributed by atoms with E-state index >= 15 is 0 Å². The second-order valence-corrected chi connectivity index (χ2v) is 8.47. The monoisotopic (exact) mass is 312 g/mol. The Morgan fingerprint density at radius 2 is 2.14 bits per heavy atom. The molecule has 4 nitrogen and oxygen atoms in total. The number of hydrogen-bond donors (Lipinski definition) is 2. The summed E-state index contributed by atoms with van der Waals surface area (Å²) in [6, 6.07) is 0.282. The molecule has 120 valence electrons. The molecule has 3 fully saturated rings. The molecule has 0 radical (unpaired) electrons. The molecule has 0 aromatic heterocycles. The molecular formula is C16H28N2O2S. The molecule has 2 amide bonds. The molecule has 5 heteroatoms. The van der Waals surface area contributed by atoms with Crippen LogP contribution in [0.1, 0.15) is 51.9 Å². The van der Waals surface area contributed by atoms with Gasteiger partial charge in [-0.15, -0.1) is 0 Å². The van der Waals surface area contributed by atoms with E-state index in [0.29, 0.717) is 5.41 Å². The van der Waals surface area contributed by atoms with Gasteiger partial charge in [0.25, 0.3) is 0 Å². The molecule has 3 rings (SSSR count). The van der Waals surface area contributed by atoms with Crippen LogP contribution in [-0.4, -0.2) is 42.3 Å². The first kappa shape index (κ1) is 15.5. The predicted octanol–water partition coefficient (Wildman–Crippen LogP) is 2.92. The average Bonchev–Trinajstić information content (AvgIpc) is 3.08. The van der Waals surface area contributed by atoms with Gasteiger partial charge in [0.15, 0.2) is 0 Å². The third-order valence-electron chi connectivity index (χ3n) is 5.38. The average molecular weight is 312 g/mol. The zero-order valence-corrected chi connectivity index (χ0v) is 13.9. The lowest BCUT2D eigenvalue weighted by atomic mass is 9.89. The lowest BCUT2D eigenvalue weighted by Gasteiger charge is -2.38. The van der Waals surface area contributed by atoms with Crippen LogP contribution in [0.15, 0.2) is 0 Å². The number of urea groups is 1. The first-order valence-electron chi connectivity index (χ1n) is 8.35. The standard InChI is InChI=1S/C16H28N2O2S/c1-15(5-2-3-6-15)11-17-14(19)18-13-4-8-20-16(10-13)7-9-21-12-16/h13H,2-12H2,1H3,(H2,17,18,19)/t13-,16-/m1/s1. The van der Waals surface area contributed by atoms with Gasteiger partial charge in [0.2, 0.25) is 0 Å². The first-order chi connectivity index (χ1) is 10.1. The second-order valence-electron chi connectivity index (χ2n) is 7.37. The number of hydrogen-bond acceptors (Lipinski definition) is 3. The fourth-order valence-electron chi connectivity index (χ4n) is 3.95. The minimum absolute atomic E-state index is 0.0100. The summed E-state index contributed by atoms with van der Waals surface area (Å²) in [4.78, 5) is 12.1. The fraction of sp³-hybridized carbons (Fsp3) is 0.938. The zero-order valence-electron chi connectivity index (χ0n) is 13.1. The summed E-state index contributed by atoms with van der Waals surface area (Å²) in [6.07, 6.45) is 8.15. The molecule has 2 atom stereocenters. The van der Waals surface area contributed by atoms with Gasteiger partial charge in [-0.3, -0.25) is 0 Å². The largest absolute Gasteiger partial charge is 0.374 e. The van der Waals surface area contributed by atoms with E-state index in [1.807, 2.05) is 11.8 Å². The van der Waals surface area contributed by atoms with Crippen LogP contribution >= 0.6 is 11.8 Å². The molecule has 0 unspecified atom stereocenters. The second kappa shape index (κ2) is 6.37. The number of carbonyl (C=O) groups is 1. The van der Waals surface area contributed by atoms with Crippen molar-refractivity contribution < 1.29 is 9.53 Å². The number of carbonyl (C=O) groups excluding carboxylic acids is 1. The molecule has 3 aliphatic rings. The highest BCUT2D eigenvalue weighted by Gasteiger charge is 2.40. The summed E-state index contributed by atoms with van der Waals surface area (Å²) in [5.41, 5.74) is 0.356. The SMILES string of the molecule is CC1(CNC(=O)N[C@@H]2CCO[C@]3(CCSC3)C2)CCCC1. The number of ether oxygens (including phenoxy) is 1. The molecule has 1 saturated carbocycles. The van der Waals surface area contributed by atoms with Crippen molar-refractivity contribution in [3.05, 3.63) is 0 Å². The fourth-order valence-corrected chi connectivity index (χ4v) is 5.33. The van der Waals surface area contributed by atoms with Crippen LogP contribution in [0.4, 0.5) is 4.79 Å². The van der Waals surface area contributed by atoms with Crippen LogP contribution in [0, 0.1) is 5.41 Å². The minimum atomic E-state index is 0.0100. The highest BCUT2D eigenvalue weighted by atomic mass is 32.2. The molecule has 1 aliphatic carbocycles. The van der Waals surface area contributed by atoms with Crippen LogP contribution in [0.3, 0.4) is 0 Å².